The van der Waals surface area contributed by atoms with Gasteiger partial charge < -0.3 is 14.6 Å². The van der Waals surface area contributed by atoms with Crippen LogP contribution >= 0.6 is 0 Å². The first-order valence-electron chi connectivity index (χ1n) is 14.4. The molecular formula is C28H40F2O10S. The average molecular weight is 607 g/mol. The molecular weight excluding hydrogens is 566 g/mol. The molecule has 0 heterocycles. The topological polar surface area (TPSA) is 161 Å². The zero-order valence-corrected chi connectivity index (χ0v) is 24.5. The van der Waals surface area contributed by atoms with E-state index in [-0.39, 0.29) is 58.9 Å². The Morgan fingerprint density at radius 1 is 1.07 bits per heavy atom. The molecule has 232 valence electrons. The summed E-state index contributed by atoms with van der Waals surface area (Å²) in [5.41, 5.74) is -0.817. The first-order valence-corrected chi connectivity index (χ1v) is 15.8. The smallest absolute Gasteiger partial charge is 0.462 e. The molecule has 4 aliphatic carbocycles. The van der Waals surface area contributed by atoms with Gasteiger partial charge in [-0.15, -0.1) is 0 Å². The molecule has 4 rings (SSSR count). The molecule has 4 fully saturated rings. The highest BCUT2D eigenvalue weighted by Crippen LogP contribution is 2.66. The van der Waals surface area contributed by atoms with Crippen LogP contribution < -0.4 is 0 Å². The maximum Gasteiger partial charge on any atom is 0.465 e. The minimum Gasteiger partial charge on any atom is -0.462 e. The van der Waals surface area contributed by atoms with E-state index in [0.717, 1.165) is 19.3 Å². The molecule has 4 saturated carbocycles. The van der Waals surface area contributed by atoms with Crippen molar-refractivity contribution in [3.63, 3.8) is 0 Å². The van der Waals surface area contributed by atoms with Gasteiger partial charge >= 0.3 is 27.3 Å². The van der Waals surface area contributed by atoms with Gasteiger partial charge in [0.05, 0.1) is 6.10 Å². The minimum absolute atomic E-state index is 0.0117. The fourth-order valence-electron chi connectivity index (χ4n) is 8.67. The Balaban J connectivity index is 1.32. The quantitative estimate of drug-likeness (QED) is 0.226. The van der Waals surface area contributed by atoms with Crippen LogP contribution in [0.4, 0.5) is 8.78 Å². The molecule has 0 spiro atoms. The third-order valence-electron chi connectivity index (χ3n) is 11.0. The molecule has 13 heteroatoms. The number of ether oxygens (including phenoxy) is 2. The monoisotopic (exact) mass is 606 g/mol. The maximum absolute atomic E-state index is 13.9. The summed E-state index contributed by atoms with van der Waals surface area (Å²) in [5, 5.41) is 5.10. The van der Waals surface area contributed by atoms with Crippen LogP contribution in [0.2, 0.25) is 0 Å². The van der Waals surface area contributed by atoms with Crippen molar-refractivity contribution in [2.75, 3.05) is 13.2 Å². The number of ketones is 2. The Hall–Kier alpha value is -1.99. The van der Waals surface area contributed by atoms with Gasteiger partial charge in [-0.1, -0.05) is 20.8 Å². The first kappa shape index (κ1) is 31.9. The molecule has 0 aromatic rings. The second-order valence-electron chi connectivity index (χ2n) is 13.0. The van der Waals surface area contributed by atoms with Crippen molar-refractivity contribution in [2.45, 2.75) is 89.9 Å². The summed E-state index contributed by atoms with van der Waals surface area (Å²) >= 11 is 0. The lowest BCUT2D eigenvalue weighted by Crippen LogP contribution is -2.60. The van der Waals surface area contributed by atoms with Gasteiger partial charge in [0, 0.05) is 30.6 Å². The van der Waals surface area contributed by atoms with Crippen LogP contribution in [-0.4, -0.2) is 66.2 Å². The van der Waals surface area contributed by atoms with Crippen LogP contribution in [0.25, 0.3) is 0 Å². The van der Waals surface area contributed by atoms with Gasteiger partial charge in [0.2, 0.25) is 0 Å². The summed E-state index contributed by atoms with van der Waals surface area (Å²) in [7, 11) is -5.99. The van der Waals surface area contributed by atoms with Gasteiger partial charge in [0.1, 0.15) is 24.8 Å². The van der Waals surface area contributed by atoms with Gasteiger partial charge in [0.15, 0.2) is 0 Å². The second-order valence-corrected chi connectivity index (χ2v) is 14.5. The minimum atomic E-state index is -5.99. The Morgan fingerprint density at radius 3 is 2.39 bits per heavy atom. The fraction of sp³-hybridized carbons (Fsp3) is 0.857. The summed E-state index contributed by atoms with van der Waals surface area (Å²) < 4.78 is 64.9. The molecule has 0 bridgehead atoms. The molecule has 10 nitrogen and oxygen atoms in total. The highest BCUT2D eigenvalue weighted by atomic mass is 32.2. The molecule has 0 aromatic heterocycles. The summed E-state index contributed by atoms with van der Waals surface area (Å²) in [5.74, 6) is -2.98. The number of aliphatic hydroxyl groups is 1. The zero-order chi connectivity index (χ0) is 30.5. The van der Waals surface area contributed by atoms with Crippen LogP contribution in [0, 0.1) is 46.3 Å². The lowest BCUT2D eigenvalue weighted by molar-refractivity contribution is -0.169. The number of aliphatic hydroxyl groups excluding tert-OH is 1. The number of hydrogen-bond donors (Lipinski definition) is 2. The van der Waals surface area contributed by atoms with Crippen LogP contribution in [0.3, 0.4) is 0 Å². The number of Topliss-reactive ketones (excluding diaryl/α,β-unsaturated/α-hetero) is 2. The molecule has 1 unspecified atom stereocenters. The van der Waals surface area contributed by atoms with Crippen molar-refractivity contribution < 1.29 is 55.5 Å². The number of carbonyl (C=O) groups is 4. The number of hydrogen-bond acceptors (Lipinski definition) is 9. The number of halogens is 2. The largest absolute Gasteiger partial charge is 0.465 e. The van der Waals surface area contributed by atoms with E-state index < -0.39 is 52.0 Å². The predicted molar refractivity (Wildman–Crippen MR) is 139 cm³/mol. The Morgan fingerprint density at radius 2 is 1.73 bits per heavy atom. The summed E-state index contributed by atoms with van der Waals surface area (Å²) in [6.45, 7) is 4.74. The van der Waals surface area contributed by atoms with Crippen LogP contribution in [0.5, 0.6) is 0 Å². The van der Waals surface area contributed by atoms with E-state index in [2.05, 4.69) is 11.7 Å². The number of rotatable bonds is 9. The zero-order valence-electron chi connectivity index (χ0n) is 23.6. The summed E-state index contributed by atoms with van der Waals surface area (Å²) in [6.07, 6.45) is 4.40. The van der Waals surface area contributed by atoms with E-state index in [1.807, 2.05) is 13.8 Å². The highest BCUT2D eigenvalue weighted by Gasteiger charge is 2.66. The first-order chi connectivity index (χ1) is 18.9. The maximum atomic E-state index is 13.9. The highest BCUT2D eigenvalue weighted by molar-refractivity contribution is 7.87. The molecule has 4 aliphatic rings. The Kier molecular flexibility index (Phi) is 8.77. The van der Waals surface area contributed by atoms with Crippen molar-refractivity contribution in [1.82, 2.24) is 0 Å². The molecule has 2 N–H and O–H groups in total. The van der Waals surface area contributed by atoms with E-state index in [0.29, 0.717) is 32.1 Å². The Bertz CT molecular complexity index is 1190. The number of fused-ring (bicyclic) bond motifs is 5. The summed E-state index contributed by atoms with van der Waals surface area (Å²) in [6, 6.07) is 0. The van der Waals surface area contributed by atoms with E-state index in [1.54, 1.807) is 0 Å². The third-order valence-corrected chi connectivity index (χ3v) is 11.8. The standard InChI is InChI=1S/C28H40F2O10S/c1-15(4-7-23(34)39-10-11-40-25(35)28(29,30)41(36,37)38)18-5-6-19-24-20(14-22(33)27(18,19)3)26(2)9-8-17(31)12-16(26)13-21(24)32/h15-20,24,31H,4-14H2,1-3H3,(H,36,37,38)/t15-,16+,17?,18-,19+,20+,24+,26+,27-/m1/s1. The van der Waals surface area contributed by atoms with Crippen molar-refractivity contribution in [2.24, 2.45) is 46.3 Å². The molecule has 0 aliphatic heterocycles. The lowest BCUT2D eigenvalue weighted by Gasteiger charge is -2.59. The van der Waals surface area contributed by atoms with E-state index >= 15 is 0 Å². The molecule has 0 aromatic carbocycles. The lowest BCUT2D eigenvalue weighted by atomic mass is 9.43. The molecule has 0 saturated heterocycles. The van der Waals surface area contributed by atoms with Gasteiger partial charge in [-0.25, -0.2) is 4.79 Å². The van der Waals surface area contributed by atoms with Crippen LogP contribution in [-0.2, 0) is 38.8 Å². The fourth-order valence-corrected chi connectivity index (χ4v) is 8.94. The van der Waals surface area contributed by atoms with Gasteiger partial charge in [0.25, 0.3) is 0 Å². The van der Waals surface area contributed by atoms with E-state index in [9.17, 15) is 41.5 Å². The van der Waals surface area contributed by atoms with E-state index in [1.165, 1.54) is 0 Å². The van der Waals surface area contributed by atoms with Crippen LogP contribution in [0.1, 0.15) is 78.6 Å². The molecule has 0 radical (unpaired) electrons. The van der Waals surface area contributed by atoms with E-state index in [4.69, 9.17) is 9.29 Å². The number of esters is 2. The van der Waals surface area contributed by atoms with Gasteiger partial charge in [-0.2, -0.15) is 17.2 Å². The summed E-state index contributed by atoms with van der Waals surface area (Å²) in [4.78, 5) is 50.8. The SMILES string of the molecule is C[C@H](CCC(=O)OCCOC(=O)C(F)(F)S(=O)(=O)O)[C@H]1CC[C@H]2[C@@H]3C(=O)C[C@@H]4CC(O)CC[C@]4(C)[C@H]3CC(=O)[C@]12C. The molecule has 0 amide bonds. The molecule has 9 atom stereocenters. The average Bonchev–Trinajstić information content (AvgIpc) is 3.24. The molecule has 41 heavy (non-hydrogen) atoms. The van der Waals surface area contributed by atoms with Crippen molar-refractivity contribution in [3.8, 4) is 0 Å². The number of carbonyl (C=O) groups excluding carboxylic acids is 4. The van der Waals surface area contributed by atoms with Crippen molar-refractivity contribution >= 4 is 33.6 Å². The van der Waals surface area contributed by atoms with Gasteiger partial charge in [-0.05, 0) is 73.5 Å². The normalized spacial score (nSPS) is 37.9. The van der Waals surface area contributed by atoms with Crippen LogP contribution in [0.15, 0.2) is 0 Å². The predicted octanol–water partition coefficient (Wildman–Crippen LogP) is 3.35. The second kappa shape index (κ2) is 11.3. The van der Waals surface area contributed by atoms with Crippen molar-refractivity contribution in [3.05, 3.63) is 0 Å². The van der Waals surface area contributed by atoms with Crippen molar-refractivity contribution in [1.29, 1.82) is 0 Å². The number of alkyl halides is 2. The third kappa shape index (κ3) is 5.58. The Labute approximate surface area is 238 Å². The van der Waals surface area contributed by atoms with Gasteiger partial charge in [-0.3, -0.25) is 18.9 Å².